The molecule has 0 aliphatic carbocycles. The Kier molecular flexibility index (Phi) is 9.99. The lowest BCUT2D eigenvalue weighted by Gasteiger charge is -2.12. The first-order chi connectivity index (χ1) is 47.7. The topological polar surface area (TPSA) is 87.7 Å². The summed E-state index contributed by atoms with van der Waals surface area (Å²) in [6.45, 7) is 0. The molecule has 8 nitrogen and oxygen atoms in total. The van der Waals surface area contributed by atoms with Crippen molar-refractivity contribution in [3.05, 3.63) is 279 Å². The number of thiophene rings is 2. The molecule has 21 rings (SSSR count). The zero-order valence-corrected chi connectivity index (χ0v) is 50.1. The SMILES string of the molecule is [2H]c1c([2H])c([2H])c(-c2nc(-n3c4ccccc4c4c5c6ccccc6sc5c5ccccc5c43)nc3oc4ccccc4c23)c([2H])c1[2H].c1ccc(-c2cccc(-c3nc(-n4c5ccccc5c5c6c7ccccc7sc6c6ccccc6c54)nc4oc5ccccc5c34)c2)cc1. The highest BCUT2D eigenvalue weighted by Crippen LogP contribution is 2.51. The fraction of sp³-hybridized carbons (Fsp3) is 0. The summed E-state index contributed by atoms with van der Waals surface area (Å²) < 4.78 is 65.1. The van der Waals surface area contributed by atoms with E-state index in [0.717, 1.165) is 87.7 Å². The van der Waals surface area contributed by atoms with Gasteiger partial charge in [0.25, 0.3) is 0 Å². The van der Waals surface area contributed by atoms with Gasteiger partial charge < -0.3 is 8.83 Å². The van der Waals surface area contributed by atoms with E-state index in [0.29, 0.717) is 28.0 Å². The van der Waals surface area contributed by atoms with E-state index in [1.807, 2.05) is 88.7 Å². The number of hydrogen-bond acceptors (Lipinski definition) is 8. The van der Waals surface area contributed by atoms with Gasteiger partial charge in [0.15, 0.2) is 0 Å². The van der Waals surface area contributed by atoms with Crippen LogP contribution in [0.3, 0.4) is 0 Å². The van der Waals surface area contributed by atoms with Crippen LogP contribution in [0.5, 0.6) is 0 Å². The molecule has 0 amide bonds. The average Bonchev–Trinajstić information content (AvgIpc) is 1.54. The lowest BCUT2D eigenvalue weighted by atomic mass is 9.99. The second kappa shape index (κ2) is 19.8. The van der Waals surface area contributed by atoms with Gasteiger partial charge >= 0.3 is 0 Å². The molecule has 0 aliphatic rings. The molecular formula is C82H46N6O2S2. The van der Waals surface area contributed by atoms with Gasteiger partial charge in [-0.15, -0.1) is 22.7 Å². The predicted molar refractivity (Wildman–Crippen MR) is 384 cm³/mol. The second-order valence-corrected chi connectivity index (χ2v) is 25.2. The van der Waals surface area contributed by atoms with Crippen LogP contribution in [-0.2, 0) is 0 Å². The number of hydrogen-bond donors (Lipinski definition) is 0. The summed E-state index contributed by atoms with van der Waals surface area (Å²) in [5.41, 5.74) is 10.5. The molecule has 0 unspecified atom stereocenters. The van der Waals surface area contributed by atoms with Gasteiger partial charge in [-0.1, -0.05) is 236 Å². The summed E-state index contributed by atoms with van der Waals surface area (Å²) in [7, 11) is 0. The molecular weight excluding hydrogens is 1170 g/mol. The minimum Gasteiger partial charge on any atom is -0.437 e. The molecule has 0 radical (unpaired) electrons. The van der Waals surface area contributed by atoms with E-state index in [-0.39, 0.29) is 35.0 Å². The molecule has 0 bridgehead atoms. The predicted octanol–water partition coefficient (Wildman–Crippen LogP) is 23.0. The van der Waals surface area contributed by atoms with Crippen molar-refractivity contribution in [3.63, 3.8) is 0 Å². The number of furan rings is 2. The highest BCUT2D eigenvalue weighted by atomic mass is 32.1. The van der Waals surface area contributed by atoms with Gasteiger partial charge in [-0.3, -0.25) is 9.13 Å². The van der Waals surface area contributed by atoms with E-state index in [1.54, 1.807) is 11.3 Å². The van der Waals surface area contributed by atoms with Gasteiger partial charge in [-0.2, -0.15) is 9.97 Å². The van der Waals surface area contributed by atoms with Gasteiger partial charge in [0.2, 0.25) is 23.3 Å². The molecule has 10 heteroatoms. The molecule has 0 N–H and O–H groups in total. The zero-order chi connectivity index (χ0) is 64.5. The molecule has 0 aliphatic heterocycles. The van der Waals surface area contributed by atoms with Crippen molar-refractivity contribution < 1.29 is 15.7 Å². The van der Waals surface area contributed by atoms with Crippen LogP contribution in [0.25, 0.3) is 195 Å². The molecule has 0 atom stereocenters. The molecule has 0 spiro atoms. The highest BCUT2D eigenvalue weighted by molar-refractivity contribution is 7.27. The largest absolute Gasteiger partial charge is 0.437 e. The van der Waals surface area contributed by atoms with Gasteiger partial charge in [0.05, 0.1) is 51.1 Å². The number of benzene rings is 13. The van der Waals surface area contributed by atoms with Crippen LogP contribution in [0.4, 0.5) is 0 Å². The third kappa shape index (κ3) is 7.44. The minimum absolute atomic E-state index is 0.00181. The Labute approximate surface area is 538 Å². The summed E-state index contributed by atoms with van der Waals surface area (Å²) in [6.07, 6.45) is 0. The van der Waals surface area contributed by atoms with Crippen molar-refractivity contribution in [1.82, 2.24) is 29.1 Å². The van der Waals surface area contributed by atoms with Crippen LogP contribution >= 0.6 is 22.7 Å². The van der Waals surface area contributed by atoms with Gasteiger partial charge in [0, 0.05) is 105 Å². The maximum absolute atomic E-state index is 8.90. The summed E-state index contributed by atoms with van der Waals surface area (Å²) in [4.78, 5) is 20.9. The number of aromatic nitrogens is 6. The summed E-state index contributed by atoms with van der Waals surface area (Å²) >= 11 is 3.65. The van der Waals surface area contributed by atoms with Crippen LogP contribution in [0.15, 0.2) is 288 Å². The summed E-state index contributed by atoms with van der Waals surface area (Å²) in [6, 6.07) is 83.9. The van der Waals surface area contributed by atoms with E-state index >= 15 is 0 Å². The lowest BCUT2D eigenvalue weighted by molar-refractivity contribution is 0.651. The Bertz CT molecular complexity index is 6960. The van der Waals surface area contributed by atoms with Crippen LogP contribution in [0.1, 0.15) is 6.85 Å². The third-order valence-electron chi connectivity index (χ3n) is 18.1. The molecule has 0 fully saturated rings. The van der Waals surface area contributed by atoms with E-state index < -0.39 is 18.1 Å². The lowest BCUT2D eigenvalue weighted by Crippen LogP contribution is -2.03. The van der Waals surface area contributed by atoms with Gasteiger partial charge in [-0.05, 0) is 53.6 Å². The van der Waals surface area contributed by atoms with Crippen LogP contribution in [0, 0.1) is 0 Å². The average molecular weight is 1220 g/mol. The van der Waals surface area contributed by atoms with E-state index in [2.05, 4.69) is 180 Å². The Morgan fingerprint density at radius 1 is 0.304 bits per heavy atom. The van der Waals surface area contributed by atoms with Crippen molar-refractivity contribution in [2.75, 3.05) is 0 Å². The molecule has 8 heterocycles. The minimum atomic E-state index is -0.461. The quantitative estimate of drug-likeness (QED) is 0.171. The first kappa shape index (κ1) is 46.3. The molecule has 8 aromatic heterocycles. The Balaban J connectivity index is 0.000000132. The maximum Gasteiger partial charge on any atom is 0.238 e. The number of para-hydroxylation sites is 4. The molecule has 0 saturated heterocycles. The molecule has 21 aromatic rings. The Morgan fingerprint density at radius 2 is 0.707 bits per heavy atom. The maximum atomic E-state index is 8.90. The monoisotopic (exact) mass is 1220 g/mol. The number of fused-ring (bicyclic) bond motifs is 26. The van der Waals surface area contributed by atoms with E-state index in [1.165, 1.54) is 56.5 Å². The van der Waals surface area contributed by atoms with Crippen LogP contribution in [0.2, 0.25) is 0 Å². The molecule has 13 aromatic carbocycles. The Hall–Kier alpha value is -11.8. The van der Waals surface area contributed by atoms with Crippen molar-refractivity contribution in [3.8, 4) is 45.5 Å². The molecule has 92 heavy (non-hydrogen) atoms. The fourth-order valence-electron chi connectivity index (χ4n) is 14.3. The smallest absolute Gasteiger partial charge is 0.238 e. The number of nitrogens with zero attached hydrogens (tertiary/aromatic N) is 6. The van der Waals surface area contributed by atoms with Crippen LogP contribution < -0.4 is 0 Å². The van der Waals surface area contributed by atoms with Crippen molar-refractivity contribution in [2.45, 2.75) is 0 Å². The first-order valence-corrected chi connectivity index (χ1v) is 32.0. The first-order valence-electron chi connectivity index (χ1n) is 32.9. The van der Waals surface area contributed by atoms with E-state index in [9.17, 15) is 0 Å². The summed E-state index contributed by atoms with van der Waals surface area (Å²) in [5.74, 6) is 0.862. The second-order valence-electron chi connectivity index (χ2n) is 23.1. The summed E-state index contributed by atoms with van der Waals surface area (Å²) in [5, 5.41) is 17.1. The molecule has 428 valence electrons. The van der Waals surface area contributed by atoms with E-state index in [4.69, 9.17) is 35.6 Å². The van der Waals surface area contributed by atoms with Crippen molar-refractivity contribution in [2.24, 2.45) is 0 Å². The molecule has 0 saturated carbocycles. The third-order valence-corrected chi connectivity index (χ3v) is 20.5. The van der Waals surface area contributed by atoms with Gasteiger partial charge in [0.1, 0.15) is 11.2 Å². The van der Waals surface area contributed by atoms with Crippen LogP contribution in [-0.4, -0.2) is 29.1 Å². The fourth-order valence-corrected chi connectivity index (χ4v) is 16.8. The van der Waals surface area contributed by atoms with Crippen molar-refractivity contribution in [1.29, 1.82) is 0 Å². The Morgan fingerprint density at radius 3 is 1.23 bits per heavy atom. The highest BCUT2D eigenvalue weighted by Gasteiger charge is 2.28. The zero-order valence-electron chi connectivity index (χ0n) is 53.5. The standard InChI is InChI=1S/C44H25N3OS.C38H21N3OS/c1-2-13-26(14-3-1)27-15-12-16-28(25-27)40-39-32-20-7-10-23-35(32)48-43(39)46-44(45-40)47-34-22-9-6-19-31(34)37-38-33-21-8-11-24-36(33)49-42(38)30-18-5-4-17-29(30)41(37)47;1-2-12-22(13-3-1)34-33-26-17-7-10-20-29(26)42-37(33)40-38(39-34)41-28-19-9-6-16-25(28)31-32-27-18-8-11-21-30(27)43-36(32)24-15-5-4-14-23(24)35(31)41/h1-25H;1-21H/i;1D,2D,3D,12D,13D. The normalized spacial score (nSPS) is 12.9. The number of rotatable bonds is 5. The van der Waals surface area contributed by atoms with Gasteiger partial charge in [-0.25, -0.2) is 9.97 Å². The van der Waals surface area contributed by atoms with Crippen molar-refractivity contribution >= 4 is 172 Å².